The summed E-state index contributed by atoms with van der Waals surface area (Å²) < 4.78 is 27.8. The van der Waals surface area contributed by atoms with Crippen molar-refractivity contribution in [1.29, 1.82) is 0 Å². The van der Waals surface area contributed by atoms with Crippen molar-refractivity contribution < 1.29 is 8.42 Å². The molecule has 0 aliphatic heterocycles. The summed E-state index contributed by atoms with van der Waals surface area (Å²) in [7, 11) is -3.71. The van der Waals surface area contributed by atoms with Crippen molar-refractivity contribution in [2.24, 2.45) is 0 Å². The minimum Gasteiger partial charge on any atom is -0.280 e. The Morgan fingerprint density at radius 3 is 2.12 bits per heavy atom. The first kappa shape index (κ1) is 17.6. The van der Waals surface area contributed by atoms with Gasteiger partial charge in [0, 0.05) is 10.7 Å². The molecule has 1 heterocycles. The van der Waals surface area contributed by atoms with Crippen LogP contribution in [0, 0.1) is 0 Å². The molecule has 0 saturated heterocycles. The zero-order valence-corrected chi connectivity index (χ0v) is 15.5. The fraction of sp³-hybridized carbons (Fsp3) is 0.222. The van der Waals surface area contributed by atoms with Crippen molar-refractivity contribution in [3.05, 3.63) is 58.9 Å². The van der Waals surface area contributed by atoms with E-state index in [0.717, 1.165) is 24.2 Å². The molecular formula is C18H18ClN3O2S. The number of nitrogens with zero attached hydrogens (tertiary/aromatic N) is 2. The first-order valence-electron chi connectivity index (χ1n) is 8.01. The summed E-state index contributed by atoms with van der Waals surface area (Å²) in [5.74, 6) is 0. The highest BCUT2D eigenvalue weighted by molar-refractivity contribution is 7.92. The minimum absolute atomic E-state index is 0.149. The van der Waals surface area contributed by atoms with Crippen LogP contribution >= 0.6 is 11.6 Å². The van der Waals surface area contributed by atoms with Gasteiger partial charge in [-0.1, -0.05) is 25.4 Å². The number of hydrogen-bond donors (Lipinski definition) is 1. The topological polar surface area (TPSA) is 72.0 Å². The monoisotopic (exact) mass is 375 g/mol. The SMILES string of the molecule is CCc1nc2ccc(S(=O)(=O)Nc3ccc(Cl)cc3)cc2nc1CC. The zero-order chi connectivity index (χ0) is 18.0. The van der Waals surface area contributed by atoms with E-state index in [2.05, 4.69) is 14.7 Å². The number of hydrogen-bond acceptors (Lipinski definition) is 4. The third kappa shape index (κ3) is 3.75. The van der Waals surface area contributed by atoms with Crippen molar-refractivity contribution in [3.8, 4) is 0 Å². The van der Waals surface area contributed by atoms with Crippen LogP contribution in [0.5, 0.6) is 0 Å². The van der Waals surface area contributed by atoms with Gasteiger partial charge in [0.2, 0.25) is 0 Å². The Kier molecular flexibility index (Phi) is 4.92. The zero-order valence-electron chi connectivity index (χ0n) is 14.0. The van der Waals surface area contributed by atoms with Gasteiger partial charge < -0.3 is 0 Å². The van der Waals surface area contributed by atoms with Gasteiger partial charge in [0.05, 0.1) is 27.3 Å². The van der Waals surface area contributed by atoms with E-state index in [9.17, 15) is 8.42 Å². The van der Waals surface area contributed by atoms with E-state index in [1.807, 2.05) is 13.8 Å². The minimum atomic E-state index is -3.71. The highest BCUT2D eigenvalue weighted by Gasteiger charge is 2.16. The summed E-state index contributed by atoms with van der Waals surface area (Å²) in [6, 6.07) is 11.3. The first-order chi connectivity index (χ1) is 11.9. The van der Waals surface area contributed by atoms with E-state index in [0.29, 0.717) is 21.7 Å². The van der Waals surface area contributed by atoms with Crippen molar-refractivity contribution in [2.45, 2.75) is 31.6 Å². The Labute approximate surface area is 152 Å². The number of anilines is 1. The van der Waals surface area contributed by atoms with E-state index < -0.39 is 10.0 Å². The number of rotatable bonds is 5. The van der Waals surface area contributed by atoms with E-state index in [4.69, 9.17) is 11.6 Å². The van der Waals surface area contributed by atoms with Gasteiger partial charge in [-0.15, -0.1) is 0 Å². The van der Waals surface area contributed by atoms with Gasteiger partial charge in [-0.25, -0.2) is 18.4 Å². The largest absolute Gasteiger partial charge is 0.280 e. The standard InChI is InChI=1S/C18H18ClN3O2S/c1-3-15-16(4-2)21-18-11-14(9-10-17(18)20-15)25(23,24)22-13-7-5-12(19)6-8-13/h5-11,22H,3-4H2,1-2H3. The molecule has 0 aliphatic rings. The molecule has 3 aromatic rings. The molecule has 1 N–H and O–H groups in total. The van der Waals surface area contributed by atoms with E-state index in [1.54, 1.807) is 42.5 Å². The Hall–Kier alpha value is -2.18. The molecule has 0 spiro atoms. The molecular weight excluding hydrogens is 358 g/mol. The number of aromatic nitrogens is 2. The van der Waals surface area contributed by atoms with Crippen molar-refractivity contribution in [1.82, 2.24) is 9.97 Å². The molecule has 0 unspecified atom stereocenters. The van der Waals surface area contributed by atoms with Gasteiger partial charge >= 0.3 is 0 Å². The lowest BCUT2D eigenvalue weighted by molar-refractivity contribution is 0.601. The second kappa shape index (κ2) is 6.98. The highest BCUT2D eigenvalue weighted by Crippen LogP contribution is 2.22. The van der Waals surface area contributed by atoms with Crippen LogP contribution in [-0.4, -0.2) is 18.4 Å². The summed E-state index contributed by atoms with van der Waals surface area (Å²) in [6.07, 6.45) is 1.55. The third-order valence-electron chi connectivity index (χ3n) is 3.87. The molecule has 0 radical (unpaired) electrons. The van der Waals surface area contributed by atoms with Crippen LogP contribution in [0.2, 0.25) is 5.02 Å². The quantitative estimate of drug-likeness (QED) is 0.725. The Bertz CT molecular complexity index is 1020. The van der Waals surface area contributed by atoms with Crippen molar-refractivity contribution >= 4 is 38.3 Å². The van der Waals surface area contributed by atoms with Gasteiger partial charge in [0.15, 0.2) is 0 Å². The molecule has 3 rings (SSSR count). The average molecular weight is 376 g/mol. The lowest BCUT2D eigenvalue weighted by atomic mass is 10.2. The molecule has 0 amide bonds. The van der Waals surface area contributed by atoms with Crippen LogP contribution in [0.1, 0.15) is 25.2 Å². The lowest BCUT2D eigenvalue weighted by Crippen LogP contribution is -2.13. The van der Waals surface area contributed by atoms with Gasteiger partial charge in [0.1, 0.15) is 0 Å². The average Bonchev–Trinajstić information content (AvgIpc) is 2.61. The molecule has 0 saturated carbocycles. The van der Waals surface area contributed by atoms with Crippen LogP contribution in [0.15, 0.2) is 47.4 Å². The molecule has 1 aromatic heterocycles. The van der Waals surface area contributed by atoms with E-state index >= 15 is 0 Å². The molecule has 0 atom stereocenters. The van der Waals surface area contributed by atoms with Crippen LogP contribution in [0.4, 0.5) is 5.69 Å². The fourth-order valence-corrected chi connectivity index (χ4v) is 3.78. The molecule has 0 bridgehead atoms. The number of fused-ring (bicyclic) bond motifs is 1. The highest BCUT2D eigenvalue weighted by atomic mass is 35.5. The fourth-order valence-electron chi connectivity index (χ4n) is 2.57. The molecule has 2 aromatic carbocycles. The second-order valence-electron chi connectivity index (χ2n) is 5.59. The maximum Gasteiger partial charge on any atom is 0.261 e. The molecule has 25 heavy (non-hydrogen) atoms. The summed E-state index contributed by atoms with van der Waals surface area (Å²) in [5.41, 5.74) is 3.57. The van der Waals surface area contributed by atoms with Gasteiger partial charge in [-0.3, -0.25) is 4.72 Å². The molecule has 5 nitrogen and oxygen atoms in total. The van der Waals surface area contributed by atoms with Crippen molar-refractivity contribution in [3.63, 3.8) is 0 Å². The lowest BCUT2D eigenvalue weighted by Gasteiger charge is -2.10. The maximum atomic E-state index is 12.6. The van der Waals surface area contributed by atoms with Crippen molar-refractivity contribution in [2.75, 3.05) is 4.72 Å². The molecule has 130 valence electrons. The number of benzene rings is 2. The normalized spacial score (nSPS) is 11.6. The van der Waals surface area contributed by atoms with Crippen LogP contribution in [0.25, 0.3) is 11.0 Å². The number of halogens is 1. The van der Waals surface area contributed by atoms with Gasteiger partial charge in [0.25, 0.3) is 10.0 Å². The maximum absolute atomic E-state index is 12.6. The van der Waals surface area contributed by atoms with Gasteiger partial charge in [-0.2, -0.15) is 0 Å². The van der Waals surface area contributed by atoms with Crippen LogP contribution < -0.4 is 4.72 Å². The number of nitrogens with one attached hydrogen (secondary N) is 1. The Morgan fingerprint density at radius 1 is 0.920 bits per heavy atom. The van der Waals surface area contributed by atoms with E-state index in [-0.39, 0.29) is 4.90 Å². The summed E-state index contributed by atoms with van der Waals surface area (Å²) in [4.78, 5) is 9.32. The predicted molar refractivity (Wildman–Crippen MR) is 101 cm³/mol. The van der Waals surface area contributed by atoms with E-state index in [1.165, 1.54) is 0 Å². The molecule has 0 fully saturated rings. The van der Waals surface area contributed by atoms with Crippen LogP contribution in [0.3, 0.4) is 0 Å². The first-order valence-corrected chi connectivity index (χ1v) is 9.87. The number of sulfonamides is 1. The van der Waals surface area contributed by atoms with Crippen LogP contribution in [-0.2, 0) is 22.9 Å². The van der Waals surface area contributed by atoms with Gasteiger partial charge in [-0.05, 0) is 55.3 Å². The molecule has 7 heteroatoms. The Balaban J connectivity index is 2.01. The summed E-state index contributed by atoms with van der Waals surface area (Å²) >= 11 is 5.83. The number of aryl methyl sites for hydroxylation is 2. The molecule has 0 aliphatic carbocycles. The third-order valence-corrected chi connectivity index (χ3v) is 5.50. The summed E-state index contributed by atoms with van der Waals surface area (Å²) in [5, 5.41) is 0.544. The predicted octanol–water partition coefficient (Wildman–Crippen LogP) is 4.21. The smallest absolute Gasteiger partial charge is 0.261 e. The summed E-state index contributed by atoms with van der Waals surface area (Å²) in [6.45, 7) is 4.04. The second-order valence-corrected chi connectivity index (χ2v) is 7.71. The Morgan fingerprint density at radius 2 is 1.52 bits per heavy atom.